The highest BCUT2D eigenvalue weighted by Crippen LogP contribution is 2.24. The monoisotopic (exact) mass is 302 g/mol. The van der Waals surface area contributed by atoms with Gasteiger partial charge in [0, 0.05) is 34.4 Å². The van der Waals surface area contributed by atoms with Crippen molar-refractivity contribution in [2.75, 3.05) is 18.9 Å². The molecular weight excluding hydrogens is 276 g/mol. The molecule has 2 fully saturated rings. The first-order valence-electron chi connectivity index (χ1n) is 7.70. The fraction of sp³-hybridized carbons (Fsp3) is 0.929. The van der Waals surface area contributed by atoms with Crippen LogP contribution in [0, 0.1) is 0 Å². The summed E-state index contributed by atoms with van der Waals surface area (Å²) in [6.45, 7) is 2.73. The number of aliphatic hydroxyl groups excluding tert-OH is 1. The third-order valence-corrected chi connectivity index (χ3v) is 6.20. The largest absolute Gasteiger partial charge is 0.394 e. The molecule has 0 aromatic rings. The number of nitrogens with zero attached hydrogens (tertiary/aromatic N) is 1. The van der Waals surface area contributed by atoms with Crippen molar-refractivity contribution in [1.82, 2.24) is 10.2 Å². The molecule has 2 rings (SSSR count). The maximum atomic E-state index is 12.3. The second kappa shape index (κ2) is 7.41. The highest BCUT2D eigenvalue weighted by Gasteiger charge is 2.31. The Labute approximate surface area is 123 Å². The third kappa shape index (κ3) is 3.73. The molecule has 1 saturated carbocycles. The topological polar surface area (TPSA) is 69.6 Å². The van der Waals surface area contributed by atoms with Crippen LogP contribution in [0.3, 0.4) is 0 Å². The molecule has 1 heterocycles. The molecule has 3 unspecified atom stereocenters. The Morgan fingerprint density at radius 1 is 1.35 bits per heavy atom. The van der Waals surface area contributed by atoms with E-state index in [9.17, 15) is 14.1 Å². The maximum absolute atomic E-state index is 12.3. The van der Waals surface area contributed by atoms with E-state index >= 15 is 0 Å². The molecule has 0 radical (unpaired) electrons. The third-order valence-electron chi connectivity index (χ3n) is 4.46. The number of hydrogen-bond donors (Lipinski definition) is 2. The molecule has 1 saturated heterocycles. The van der Waals surface area contributed by atoms with Gasteiger partial charge in [-0.1, -0.05) is 13.3 Å². The first-order chi connectivity index (χ1) is 9.65. The summed E-state index contributed by atoms with van der Waals surface area (Å²) in [5.74, 6) is 0.698. The van der Waals surface area contributed by atoms with Gasteiger partial charge in [-0.05, 0) is 32.1 Å². The molecule has 20 heavy (non-hydrogen) atoms. The second-order valence-electron chi connectivity index (χ2n) is 5.78. The van der Waals surface area contributed by atoms with Crippen LogP contribution in [0.1, 0.15) is 45.4 Å². The van der Waals surface area contributed by atoms with Crippen LogP contribution in [-0.4, -0.2) is 56.5 Å². The molecule has 0 aromatic heterocycles. The summed E-state index contributed by atoms with van der Waals surface area (Å²) >= 11 is 0. The predicted octanol–water partition coefficient (Wildman–Crippen LogP) is 1.23. The number of carbonyl (C=O) groups excluding carboxylic acids is 1. The number of amides is 2. The summed E-state index contributed by atoms with van der Waals surface area (Å²) in [7, 11) is -0.764. The first kappa shape index (κ1) is 15.8. The fourth-order valence-corrected chi connectivity index (χ4v) is 4.65. The van der Waals surface area contributed by atoms with Gasteiger partial charge < -0.3 is 15.3 Å². The van der Waals surface area contributed by atoms with Crippen molar-refractivity contribution >= 4 is 16.8 Å². The van der Waals surface area contributed by atoms with Crippen LogP contribution in [0.2, 0.25) is 0 Å². The molecule has 0 aromatic carbocycles. The van der Waals surface area contributed by atoms with Crippen molar-refractivity contribution in [3.05, 3.63) is 0 Å². The smallest absolute Gasteiger partial charge is 0.317 e. The van der Waals surface area contributed by atoms with Gasteiger partial charge >= 0.3 is 6.03 Å². The zero-order valence-electron chi connectivity index (χ0n) is 12.2. The van der Waals surface area contributed by atoms with Crippen molar-refractivity contribution in [3.8, 4) is 0 Å². The SMILES string of the molecule is CCS(=O)C1CCCC(NC(=O)N2CCC[C@@H]2CO)C1. The highest BCUT2D eigenvalue weighted by atomic mass is 32.2. The molecule has 0 bridgehead atoms. The second-order valence-corrected chi connectivity index (χ2v) is 7.78. The van der Waals surface area contributed by atoms with E-state index in [-0.39, 0.29) is 30.0 Å². The van der Waals surface area contributed by atoms with Gasteiger partial charge in [-0.15, -0.1) is 0 Å². The molecular formula is C14H26N2O3S. The van der Waals surface area contributed by atoms with Crippen LogP contribution in [0.15, 0.2) is 0 Å². The van der Waals surface area contributed by atoms with Crippen LogP contribution in [-0.2, 0) is 10.8 Å². The molecule has 2 N–H and O–H groups in total. The molecule has 2 amide bonds. The Bertz CT molecular complexity index is 364. The van der Waals surface area contributed by atoms with E-state index in [1.165, 1.54) is 0 Å². The lowest BCUT2D eigenvalue weighted by Gasteiger charge is -2.31. The number of hydrogen-bond acceptors (Lipinski definition) is 3. The molecule has 6 heteroatoms. The Morgan fingerprint density at radius 2 is 2.15 bits per heavy atom. The predicted molar refractivity (Wildman–Crippen MR) is 80.1 cm³/mol. The van der Waals surface area contributed by atoms with Gasteiger partial charge in [0.25, 0.3) is 0 Å². The summed E-state index contributed by atoms with van der Waals surface area (Å²) in [5, 5.41) is 12.6. The Balaban J connectivity index is 1.86. The minimum atomic E-state index is -0.764. The summed E-state index contributed by atoms with van der Waals surface area (Å²) < 4.78 is 11.9. The van der Waals surface area contributed by atoms with Crippen molar-refractivity contribution in [2.45, 2.75) is 62.8 Å². The van der Waals surface area contributed by atoms with Gasteiger partial charge in [0.05, 0.1) is 12.6 Å². The van der Waals surface area contributed by atoms with Gasteiger partial charge in [-0.25, -0.2) is 4.79 Å². The van der Waals surface area contributed by atoms with Crippen LogP contribution in [0.5, 0.6) is 0 Å². The summed E-state index contributed by atoms with van der Waals surface area (Å²) in [6.07, 6.45) is 5.69. The number of aliphatic hydroxyl groups is 1. The maximum Gasteiger partial charge on any atom is 0.317 e. The van der Waals surface area contributed by atoms with Gasteiger partial charge in [0.2, 0.25) is 0 Å². The molecule has 116 valence electrons. The highest BCUT2D eigenvalue weighted by molar-refractivity contribution is 7.85. The number of carbonyl (C=O) groups is 1. The number of urea groups is 1. The lowest BCUT2D eigenvalue weighted by Crippen LogP contribution is -2.49. The molecule has 2 aliphatic rings. The van der Waals surface area contributed by atoms with E-state index in [1.54, 1.807) is 4.90 Å². The molecule has 5 nitrogen and oxygen atoms in total. The van der Waals surface area contributed by atoms with E-state index < -0.39 is 10.8 Å². The summed E-state index contributed by atoms with van der Waals surface area (Å²) in [6, 6.07) is 0.0466. The quantitative estimate of drug-likeness (QED) is 0.821. The lowest BCUT2D eigenvalue weighted by atomic mass is 9.95. The zero-order chi connectivity index (χ0) is 14.5. The van der Waals surface area contributed by atoms with E-state index in [0.717, 1.165) is 45.1 Å². The van der Waals surface area contributed by atoms with E-state index in [4.69, 9.17) is 0 Å². The van der Waals surface area contributed by atoms with Crippen molar-refractivity contribution in [3.63, 3.8) is 0 Å². The van der Waals surface area contributed by atoms with E-state index in [1.807, 2.05) is 6.92 Å². The Morgan fingerprint density at radius 3 is 2.85 bits per heavy atom. The van der Waals surface area contributed by atoms with Gasteiger partial charge in [0.1, 0.15) is 0 Å². The van der Waals surface area contributed by atoms with Crippen LogP contribution in [0.4, 0.5) is 4.79 Å². The minimum absolute atomic E-state index is 0.0286. The van der Waals surface area contributed by atoms with E-state index in [2.05, 4.69) is 5.32 Å². The Hall–Kier alpha value is -0.620. The van der Waals surface area contributed by atoms with Gasteiger partial charge in [-0.2, -0.15) is 0 Å². The zero-order valence-corrected chi connectivity index (χ0v) is 13.0. The molecule has 1 aliphatic carbocycles. The molecule has 1 aliphatic heterocycles. The summed E-state index contributed by atoms with van der Waals surface area (Å²) in [4.78, 5) is 14.0. The van der Waals surface area contributed by atoms with Crippen molar-refractivity contribution in [2.24, 2.45) is 0 Å². The standard InChI is InChI=1S/C14H26N2O3S/c1-2-20(19)13-7-3-5-11(9-13)15-14(18)16-8-4-6-12(16)10-17/h11-13,17H,2-10H2,1H3,(H,15,18)/t11?,12-,13?,20?/m1/s1. The van der Waals surface area contributed by atoms with Crippen molar-refractivity contribution < 1.29 is 14.1 Å². The van der Waals surface area contributed by atoms with Crippen molar-refractivity contribution in [1.29, 1.82) is 0 Å². The first-order valence-corrected chi connectivity index (χ1v) is 9.09. The van der Waals surface area contributed by atoms with E-state index in [0.29, 0.717) is 5.75 Å². The number of likely N-dealkylation sites (tertiary alicyclic amines) is 1. The lowest BCUT2D eigenvalue weighted by molar-refractivity contribution is 0.152. The normalized spacial score (nSPS) is 32.1. The average molecular weight is 302 g/mol. The minimum Gasteiger partial charge on any atom is -0.394 e. The fourth-order valence-electron chi connectivity index (χ4n) is 3.30. The van der Waals surface area contributed by atoms with Gasteiger partial charge in [0.15, 0.2) is 0 Å². The van der Waals surface area contributed by atoms with Crippen LogP contribution >= 0.6 is 0 Å². The van der Waals surface area contributed by atoms with Gasteiger partial charge in [-0.3, -0.25) is 4.21 Å². The molecule has 4 atom stereocenters. The Kier molecular flexibility index (Phi) is 5.84. The van der Waals surface area contributed by atoms with Crippen LogP contribution in [0.25, 0.3) is 0 Å². The number of rotatable bonds is 4. The van der Waals surface area contributed by atoms with Crippen LogP contribution < -0.4 is 5.32 Å². The average Bonchev–Trinajstić information content (AvgIpc) is 2.95. The number of nitrogens with one attached hydrogen (secondary N) is 1. The molecule has 0 spiro atoms. The summed E-state index contributed by atoms with van der Waals surface area (Å²) in [5.41, 5.74) is 0.